The quantitative estimate of drug-likeness (QED) is 0.612. The summed E-state index contributed by atoms with van der Waals surface area (Å²) in [6.07, 6.45) is 0.875. The van der Waals surface area contributed by atoms with Gasteiger partial charge in [-0.1, -0.05) is 20.8 Å². The van der Waals surface area contributed by atoms with Crippen molar-refractivity contribution in [1.29, 1.82) is 0 Å². The molecule has 0 aliphatic heterocycles. The first-order valence-electron chi connectivity index (χ1n) is 5.50. The average Bonchev–Trinajstić information content (AvgIpc) is 2.17. The molecule has 0 N–H and O–H groups in total. The van der Waals surface area contributed by atoms with E-state index in [4.69, 9.17) is 0 Å². The molecule has 3 atom stereocenters. The Bertz CT molecular complexity index is 246. The fourth-order valence-corrected chi connectivity index (χ4v) is 1.85. The summed E-state index contributed by atoms with van der Waals surface area (Å²) in [7, 11) is 0. The van der Waals surface area contributed by atoms with Crippen molar-refractivity contribution in [2.45, 2.75) is 40.0 Å². The third kappa shape index (κ3) is 2.98. The number of ketones is 3. The molecule has 15 heavy (non-hydrogen) atoms. The highest BCUT2D eigenvalue weighted by atomic mass is 16.1. The molecule has 84 valence electrons. The van der Waals surface area contributed by atoms with Gasteiger partial charge in [0.15, 0.2) is 0 Å². The van der Waals surface area contributed by atoms with Crippen molar-refractivity contribution in [2.24, 2.45) is 17.8 Å². The van der Waals surface area contributed by atoms with Crippen LogP contribution in [0.1, 0.15) is 40.0 Å². The molecule has 0 aromatic heterocycles. The third-order valence-electron chi connectivity index (χ3n) is 3.17. The van der Waals surface area contributed by atoms with Gasteiger partial charge < -0.3 is 0 Å². The topological polar surface area (TPSA) is 51.2 Å². The van der Waals surface area contributed by atoms with Crippen LogP contribution in [0, 0.1) is 17.8 Å². The first-order valence-corrected chi connectivity index (χ1v) is 5.50. The van der Waals surface area contributed by atoms with Crippen LogP contribution < -0.4 is 0 Å². The predicted octanol–water partition coefficient (Wildman–Crippen LogP) is 1.79. The maximum atomic E-state index is 11.6. The van der Waals surface area contributed by atoms with Crippen molar-refractivity contribution in [1.82, 2.24) is 0 Å². The highest BCUT2D eigenvalue weighted by Gasteiger charge is 2.29. The molecule has 1 saturated carbocycles. The summed E-state index contributed by atoms with van der Waals surface area (Å²) in [5.74, 6) is -0.565. The summed E-state index contributed by atoms with van der Waals surface area (Å²) in [6, 6.07) is 0. The van der Waals surface area contributed by atoms with E-state index in [2.05, 4.69) is 0 Å². The van der Waals surface area contributed by atoms with Gasteiger partial charge in [0.1, 0.15) is 17.3 Å². The highest BCUT2D eigenvalue weighted by molar-refractivity contribution is 5.96. The smallest absolute Gasteiger partial charge is 0.136 e. The van der Waals surface area contributed by atoms with E-state index in [1.165, 1.54) is 0 Å². The van der Waals surface area contributed by atoms with E-state index in [-0.39, 0.29) is 35.1 Å². The number of carbonyl (C=O) groups is 3. The zero-order chi connectivity index (χ0) is 11.6. The molecule has 0 amide bonds. The molecule has 3 unspecified atom stereocenters. The Labute approximate surface area is 90.2 Å². The third-order valence-corrected chi connectivity index (χ3v) is 3.17. The number of rotatable bonds is 0. The van der Waals surface area contributed by atoms with Crippen molar-refractivity contribution < 1.29 is 14.4 Å². The predicted molar refractivity (Wildman–Crippen MR) is 56.4 cm³/mol. The summed E-state index contributed by atoms with van der Waals surface area (Å²) >= 11 is 0. The minimum Gasteiger partial charge on any atom is -0.299 e. The molecule has 0 spiro atoms. The molecule has 0 saturated heterocycles. The Morgan fingerprint density at radius 3 is 1.07 bits per heavy atom. The summed E-state index contributed by atoms with van der Waals surface area (Å²) in [6.45, 7) is 5.32. The maximum Gasteiger partial charge on any atom is 0.136 e. The van der Waals surface area contributed by atoms with Gasteiger partial charge in [-0.15, -0.1) is 0 Å². The Hall–Kier alpha value is -0.990. The van der Waals surface area contributed by atoms with Gasteiger partial charge in [0, 0.05) is 37.0 Å². The molecule has 1 rings (SSSR count). The van der Waals surface area contributed by atoms with E-state index in [9.17, 15) is 14.4 Å². The number of hydrogen-bond acceptors (Lipinski definition) is 3. The van der Waals surface area contributed by atoms with E-state index in [1.807, 2.05) is 0 Å². The summed E-state index contributed by atoms with van der Waals surface area (Å²) in [4.78, 5) is 34.9. The molecule has 0 radical (unpaired) electrons. The second-order valence-electron chi connectivity index (χ2n) is 4.71. The lowest BCUT2D eigenvalue weighted by Crippen LogP contribution is -2.18. The van der Waals surface area contributed by atoms with Gasteiger partial charge in [0.25, 0.3) is 0 Å². The summed E-state index contributed by atoms with van der Waals surface area (Å²) < 4.78 is 0. The Morgan fingerprint density at radius 2 is 0.867 bits per heavy atom. The van der Waals surface area contributed by atoms with Gasteiger partial charge in [-0.2, -0.15) is 0 Å². The molecule has 0 bridgehead atoms. The molecule has 1 aliphatic carbocycles. The number of hydrogen-bond donors (Lipinski definition) is 0. The minimum absolute atomic E-state index is 0.0401. The lowest BCUT2D eigenvalue weighted by Gasteiger charge is -2.09. The fraction of sp³-hybridized carbons (Fsp3) is 0.750. The van der Waals surface area contributed by atoms with E-state index in [1.54, 1.807) is 20.8 Å². The lowest BCUT2D eigenvalue weighted by molar-refractivity contribution is -0.128. The van der Waals surface area contributed by atoms with Crippen molar-refractivity contribution in [3.8, 4) is 0 Å². The molecule has 3 nitrogen and oxygen atoms in total. The van der Waals surface area contributed by atoms with Crippen LogP contribution >= 0.6 is 0 Å². The monoisotopic (exact) mass is 210 g/mol. The average molecular weight is 210 g/mol. The standard InChI is InChI=1S/C12H18O3/c1-7-4-11(14)9(3)6-12(15)8(2)5-10(7)13/h7-9H,4-6H2,1-3H3. The Kier molecular flexibility index (Phi) is 3.77. The van der Waals surface area contributed by atoms with Crippen molar-refractivity contribution >= 4 is 17.3 Å². The summed E-state index contributed by atoms with van der Waals surface area (Å²) in [5, 5.41) is 0. The van der Waals surface area contributed by atoms with E-state index >= 15 is 0 Å². The van der Waals surface area contributed by atoms with Crippen LogP contribution in [-0.2, 0) is 14.4 Å². The van der Waals surface area contributed by atoms with Crippen LogP contribution in [-0.4, -0.2) is 17.3 Å². The van der Waals surface area contributed by atoms with Gasteiger partial charge in [0.05, 0.1) is 0 Å². The van der Waals surface area contributed by atoms with E-state index in [0.717, 1.165) is 0 Å². The maximum absolute atomic E-state index is 11.6. The normalized spacial score (nSPS) is 34.6. The molecular weight excluding hydrogens is 192 g/mol. The highest BCUT2D eigenvalue weighted by Crippen LogP contribution is 2.21. The largest absolute Gasteiger partial charge is 0.299 e. The Morgan fingerprint density at radius 1 is 0.667 bits per heavy atom. The van der Waals surface area contributed by atoms with Gasteiger partial charge in [-0.25, -0.2) is 0 Å². The van der Waals surface area contributed by atoms with Gasteiger partial charge in [-0.05, 0) is 0 Å². The second-order valence-corrected chi connectivity index (χ2v) is 4.71. The summed E-state index contributed by atoms with van der Waals surface area (Å²) in [5.41, 5.74) is 0. The van der Waals surface area contributed by atoms with Gasteiger partial charge in [0.2, 0.25) is 0 Å². The minimum atomic E-state index is -0.228. The first kappa shape index (κ1) is 12.1. The first-order chi connectivity index (χ1) is 6.91. The van der Waals surface area contributed by atoms with E-state index in [0.29, 0.717) is 19.3 Å². The van der Waals surface area contributed by atoms with Crippen LogP contribution in [0.2, 0.25) is 0 Å². The Balaban J connectivity index is 2.86. The van der Waals surface area contributed by atoms with Crippen LogP contribution in [0.5, 0.6) is 0 Å². The fourth-order valence-electron chi connectivity index (χ4n) is 1.85. The molecule has 0 aromatic rings. The van der Waals surface area contributed by atoms with E-state index < -0.39 is 0 Å². The van der Waals surface area contributed by atoms with Gasteiger partial charge in [-0.3, -0.25) is 14.4 Å². The zero-order valence-corrected chi connectivity index (χ0v) is 9.58. The van der Waals surface area contributed by atoms with Crippen molar-refractivity contribution in [3.05, 3.63) is 0 Å². The molecule has 0 aromatic carbocycles. The number of Topliss-reactive ketones (excluding diaryl/α,β-unsaturated/α-hetero) is 3. The van der Waals surface area contributed by atoms with Crippen LogP contribution in [0.25, 0.3) is 0 Å². The molecule has 3 heteroatoms. The van der Waals surface area contributed by atoms with Crippen molar-refractivity contribution in [2.75, 3.05) is 0 Å². The molecule has 1 aliphatic rings. The molecular formula is C12H18O3. The van der Waals surface area contributed by atoms with Crippen LogP contribution in [0.4, 0.5) is 0 Å². The molecule has 1 fully saturated rings. The number of carbonyl (C=O) groups excluding carboxylic acids is 3. The second kappa shape index (κ2) is 4.69. The lowest BCUT2D eigenvalue weighted by atomic mass is 9.93. The van der Waals surface area contributed by atoms with Gasteiger partial charge >= 0.3 is 0 Å². The molecule has 0 heterocycles. The zero-order valence-electron chi connectivity index (χ0n) is 9.58. The SMILES string of the molecule is CC1CC(=O)C(C)CC(=O)C(C)CC1=O. The van der Waals surface area contributed by atoms with Crippen LogP contribution in [0.15, 0.2) is 0 Å². The van der Waals surface area contributed by atoms with Crippen molar-refractivity contribution in [3.63, 3.8) is 0 Å². The van der Waals surface area contributed by atoms with Crippen LogP contribution in [0.3, 0.4) is 0 Å².